The second kappa shape index (κ2) is 5.17. The van der Waals surface area contributed by atoms with Crippen LogP contribution in [0.2, 0.25) is 0 Å². The molecular formula is C9H12N2O6S. The van der Waals surface area contributed by atoms with Crippen LogP contribution in [0.1, 0.15) is 16.1 Å². The quantitative estimate of drug-likeness (QED) is 0.700. The summed E-state index contributed by atoms with van der Waals surface area (Å²) in [5, 5.41) is 12.5. The summed E-state index contributed by atoms with van der Waals surface area (Å²) < 4.78 is 28.7. The first-order valence-corrected chi connectivity index (χ1v) is 6.60. The number of carbonyl (C=O) groups excluding carboxylic acids is 1. The highest BCUT2D eigenvalue weighted by molar-refractivity contribution is 7.91. The molecule has 0 saturated carbocycles. The number of esters is 1. The van der Waals surface area contributed by atoms with E-state index in [1.54, 1.807) is 0 Å². The third-order valence-corrected chi connectivity index (χ3v) is 3.60. The minimum Gasteiger partial charge on any atom is -0.478 e. The van der Waals surface area contributed by atoms with Crippen LogP contribution >= 0.6 is 0 Å². The van der Waals surface area contributed by atoms with Gasteiger partial charge in [0.25, 0.3) is 0 Å². The minimum absolute atomic E-state index is 0.0198. The topological polar surface area (TPSA) is 116 Å². The van der Waals surface area contributed by atoms with Crippen molar-refractivity contribution in [3.63, 3.8) is 0 Å². The van der Waals surface area contributed by atoms with Crippen molar-refractivity contribution in [3.8, 4) is 0 Å². The second-order valence-electron chi connectivity index (χ2n) is 3.54. The van der Waals surface area contributed by atoms with Gasteiger partial charge in [-0.25, -0.2) is 13.2 Å². The first-order valence-electron chi connectivity index (χ1n) is 4.78. The summed E-state index contributed by atoms with van der Waals surface area (Å²) in [6, 6.07) is 0. The molecule has 0 atom stereocenters. The molecule has 100 valence electrons. The lowest BCUT2D eigenvalue weighted by molar-refractivity contribution is -0.137. The fraction of sp³-hybridized carbons (Fsp3) is 0.444. The van der Waals surface area contributed by atoms with E-state index >= 15 is 0 Å². The van der Waals surface area contributed by atoms with Gasteiger partial charge in [-0.3, -0.25) is 9.48 Å². The van der Waals surface area contributed by atoms with E-state index in [0.29, 0.717) is 0 Å². The molecule has 1 N–H and O–H groups in total. The van der Waals surface area contributed by atoms with Gasteiger partial charge in [-0.2, -0.15) is 5.10 Å². The van der Waals surface area contributed by atoms with Crippen molar-refractivity contribution in [1.82, 2.24) is 9.78 Å². The van der Waals surface area contributed by atoms with Crippen molar-refractivity contribution >= 4 is 21.8 Å². The Morgan fingerprint density at radius 2 is 2.11 bits per heavy atom. The van der Waals surface area contributed by atoms with Gasteiger partial charge in [-0.15, -0.1) is 0 Å². The van der Waals surface area contributed by atoms with Crippen LogP contribution in [0.25, 0.3) is 0 Å². The van der Waals surface area contributed by atoms with Crippen LogP contribution in [-0.2, 0) is 32.2 Å². The molecule has 0 aliphatic rings. The van der Waals surface area contributed by atoms with Crippen molar-refractivity contribution < 1.29 is 27.9 Å². The van der Waals surface area contributed by atoms with Gasteiger partial charge in [-0.1, -0.05) is 0 Å². The van der Waals surface area contributed by atoms with Crippen LogP contribution in [0, 0.1) is 0 Å². The van der Waals surface area contributed by atoms with E-state index in [0.717, 1.165) is 18.0 Å². The lowest BCUT2D eigenvalue weighted by atomic mass is 10.3. The van der Waals surface area contributed by atoms with E-state index in [4.69, 9.17) is 5.11 Å². The SMILES string of the molecule is COC(=O)CS(=O)(=O)Cc1c(C(=O)O)cnn1C. The molecule has 0 bridgehead atoms. The normalized spacial score (nSPS) is 11.2. The summed E-state index contributed by atoms with van der Waals surface area (Å²) >= 11 is 0. The van der Waals surface area contributed by atoms with Crippen molar-refractivity contribution in [2.24, 2.45) is 7.05 Å². The Labute approximate surface area is 103 Å². The number of aromatic carboxylic acids is 1. The number of carbonyl (C=O) groups is 2. The maximum atomic E-state index is 11.7. The molecule has 0 fully saturated rings. The largest absolute Gasteiger partial charge is 0.478 e. The van der Waals surface area contributed by atoms with Crippen LogP contribution in [0.15, 0.2) is 6.20 Å². The molecule has 1 aromatic heterocycles. The number of sulfone groups is 1. The van der Waals surface area contributed by atoms with E-state index in [2.05, 4.69) is 9.84 Å². The van der Waals surface area contributed by atoms with E-state index in [9.17, 15) is 18.0 Å². The highest BCUT2D eigenvalue weighted by atomic mass is 32.2. The molecule has 0 saturated heterocycles. The molecule has 0 radical (unpaired) electrons. The number of hydrogen-bond acceptors (Lipinski definition) is 6. The van der Waals surface area contributed by atoms with E-state index < -0.39 is 33.3 Å². The van der Waals surface area contributed by atoms with Gasteiger partial charge in [0.15, 0.2) is 9.84 Å². The fourth-order valence-corrected chi connectivity index (χ4v) is 2.65. The highest BCUT2D eigenvalue weighted by Crippen LogP contribution is 2.12. The number of nitrogens with zero attached hydrogens (tertiary/aromatic N) is 2. The summed E-state index contributed by atoms with van der Waals surface area (Å²) in [6.45, 7) is 0. The third-order valence-electron chi connectivity index (χ3n) is 2.21. The van der Waals surface area contributed by atoms with Crippen molar-refractivity contribution in [2.45, 2.75) is 5.75 Å². The summed E-state index contributed by atoms with van der Waals surface area (Å²) in [5.41, 5.74) is -0.183. The maximum Gasteiger partial charge on any atom is 0.339 e. The smallest absolute Gasteiger partial charge is 0.339 e. The first kappa shape index (κ1) is 14.2. The van der Waals surface area contributed by atoms with Crippen LogP contribution in [-0.4, -0.2) is 48.1 Å². The van der Waals surface area contributed by atoms with E-state index in [-0.39, 0.29) is 11.3 Å². The molecule has 0 spiro atoms. The predicted molar refractivity (Wildman–Crippen MR) is 59.7 cm³/mol. The van der Waals surface area contributed by atoms with Crippen LogP contribution < -0.4 is 0 Å². The zero-order valence-electron chi connectivity index (χ0n) is 9.78. The highest BCUT2D eigenvalue weighted by Gasteiger charge is 2.24. The number of aryl methyl sites for hydroxylation is 1. The van der Waals surface area contributed by atoms with Gasteiger partial charge in [-0.05, 0) is 0 Å². The van der Waals surface area contributed by atoms with Gasteiger partial charge in [0.1, 0.15) is 11.3 Å². The molecule has 1 rings (SSSR count). The number of carboxylic acid groups (broad SMARTS) is 1. The molecule has 18 heavy (non-hydrogen) atoms. The number of hydrogen-bond donors (Lipinski definition) is 1. The van der Waals surface area contributed by atoms with Crippen LogP contribution in [0.3, 0.4) is 0 Å². The van der Waals surface area contributed by atoms with Gasteiger partial charge in [0.05, 0.1) is 24.8 Å². The molecule has 0 aromatic carbocycles. The molecular weight excluding hydrogens is 264 g/mol. The number of methoxy groups -OCH3 is 1. The maximum absolute atomic E-state index is 11.7. The zero-order chi connectivity index (χ0) is 13.9. The van der Waals surface area contributed by atoms with Gasteiger partial charge in [0, 0.05) is 7.05 Å². The molecule has 1 aromatic rings. The summed E-state index contributed by atoms with van der Waals surface area (Å²) in [6.07, 6.45) is 1.06. The molecule has 9 heteroatoms. The summed E-state index contributed by atoms with van der Waals surface area (Å²) in [7, 11) is -1.29. The number of ether oxygens (including phenoxy) is 1. The number of aromatic nitrogens is 2. The minimum atomic E-state index is -3.79. The van der Waals surface area contributed by atoms with Crippen LogP contribution in [0.4, 0.5) is 0 Å². The average Bonchev–Trinajstić information content (AvgIpc) is 2.59. The lowest BCUT2D eigenvalue weighted by Gasteiger charge is -2.05. The van der Waals surface area contributed by atoms with Crippen molar-refractivity contribution in [1.29, 1.82) is 0 Å². The lowest BCUT2D eigenvalue weighted by Crippen LogP contribution is -2.21. The fourth-order valence-electron chi connectivity index (χ4n) is 1.31. The molecule has 8 nitrogen and oxygen atoms in total. The monoisotopic (exact) mass is 276 g/mol. The van der Waals surface area contributed by atoms with Crippen LogP contribution in [0.5, 0.6) is 0 Å². The number of rotatable bonds is 5. The van der Waals surface area contributed by atoms with Crippen molar-refractivity contribution in [3.05, 3.63) is 17.5 Å². The Morgan fingerprint density at radius 1 is 1.50 bits per heavy atom. The molecule has 0 aliphatic carbocycles. The van der Waals surface area contributed by atoms with Gasteiger partial charge < -0.3 is 9.84 Å². The first-order chi connectivity index (χ1) is 8.26. The third kappa shape index (κ3) is 3.29. The van der Waals surface area contributed by atoms with E-state index in [1.165, 1.54) is 7.05 Å². The Morgan fingerprint density at radius 3 is 2.61 bits per heavy atom. The molecule has 0 amide bonds. The average molecular weight is 276 g/mol. The Kier molecular flexibility index (Phi) is 4.07. The molecule has 1 heterocycles. The van der Waals surface area contributed by atoms with Crippen molar-refractivity contribution in [2.75, 3.05) is 12.9 Å². The van der Waals surface area contributed by atoms with E-state index in [1.807, 2.05) is 0 Å². The predicted octanol–water partition coefficient (Wildman–Crippen LogP) is -0.794. The summed E-state index contributed by atoms with van der Waals surface area (Å²) in [4.78, 5) is 21.8. The van der Waals surface area contributed by atoms with Gasteiger partial charge in [0.2, 0.25) is 0 Å². The molecule has 0 unspecified atom stereocenters. The number of carboxylic acids is 1. The molecule has 0 aliphatic heterocycles. The Bertz CT molecular complexity index is 574. The van der Waals surface area contributed by atoms with Gasteiger partial charge >= 0.3 is 11.9 Å². The summed E-state index contributed by atoms with van der Waals surface area (Å²) in [5.74, 6) is -3.55. The second-order valence-corrected chi connectivity index (χ2v) is 5.61. The zero-order valence-corrected chi connectivity index (χ0v) is 10.6. The Balaban J connectivity index is 3.01. The Hall–Kier alpha value is -1.90. The standard InChI is InChI=1S/C9H12N2O6S/c1-11-7(6(3-10-11)9(13)14)4-18(15,16)5-8(12)17-2/h3H,4-5H2,1-2H3,(H,13,14).